The van der Waals surface area contributed by atoms with Crippen LogP contribution in [0.1, 0.15) is 29.8 Å². The number of nitrogens with zero attached hydrogens (tertiary/aromatic N) is 3. The third kappa shape index (κ3) is 4.01. The summed E-state index contributed by atoms with van der Waals surface area (Å²) in [6, 6.07) is 11.6. The largest absolute Gasteiger partial charge is 0.474 e. The van der Waals surface area contributed by atoms with Crippen LogP contribution in [0.4, 0.5) is 5.82 Å². The first-order valence-corrected chi connectivity index (χ1v) is 6.40. The van der Waals surface area contributed by atoms with Crippen LogP contribution in [-0.4, -0.2) is 22.2 Å². The van der Waals surface area contributed by atoms with Crippen molar-refractivity contribution in [2.45, 2.75) is 20.0 Å². The van der Waals surface area contributed by atoms with Crippen molar-refractivity contribution in [1.29, 1.82) is 5.26 Å². The molecule has 0 spiro atoms. The molecule has 0 aliphatic heterocycles. The maximum atomic E-state index is 12.0. The van der Waals surface area contributed by atoms with Crippen LogP contribution < -0.4 is 10.1 Å². The summed E-state index contributed by atoms with van der Waals surface area (Å²) in [5.74, 6) is 0.424. The Labute approximate surface area is 122 Å². The number of carbonyl (C=O) groups is 1. The van der Waals surface area contributed by atoms with E-state index in [1.807, 2.05) is 19.9 Å². The molecule has 21 heavy (non-hydrogen) atoms. The summed E-state index contributed by atoms with van der Waals surface area (Å²) in [5.41, 5.74) is 0.944. The number of amides is 1. The van der Waals surface area contributed by atoms with Gasteiger partial charge in [0.15, 0.2) is 5.82 Å². The summed E-state index contributed by atoms with van der Waals surface area (Å²) in [5, 5.41) is 19.1. The van der Waals surface area contributed by atoms with Crippen molar-refractivity contribution in [3.63, 3.8) is 0 Å². The Bertz CT molecular complexity index is 658. The van der Waals surface area contributed by atoms with Gasteiger partial charge >= 0.3 is 0 Å². The van der Waals surface area contributed by atoms with Crippen LogP contribution in [0.15, 0.2) is 36.4 Å². The van der Waals surface area contributed by atoms with Gasteiger partial charge in [-0.1, -0.05) is 0 Å². The number of ether oxygens (including phenoxy) is 1. The molecule has 106 valence electrons. The minimum atomic E-state index is -0.314. The molecule has 6 nitrogen and oxygen atoms in total. The third-order valence-electron chi connectivity index (χ3n) is 2.51. The van der Waals surface area contributed by atoms with Gasteiger partial charge in [-0.15, -0.1) is 10.2 Å². The molecule has 6 heteroatoms. The van der Waals surface area contributed by atoms with Crippen LogP contribution in [0.3, 0.4) is 0 Å². The molecule has 1 aromatic carbocycles. The van der Waals surface area contributed by atoms with Crippen LogP contribution >= 0.6 is 0 Å². The van der Waals surface area contributed by atoms with Crippen LogP contribution in [0.5, 0.6) is 5.88 Å². The monoisotopic (exact) mass is 282 g/mol. The smallest absolute Gasteiger partial charge is 0.256 e. The van der Waals surface area contributed by atoms with Crippen LogP contribution in [0.25, 0.3) is 0 Å². The second-order valence-corrected chi connectivity index (χ2v) is 4.57. The predicted molar refractivity (Wildman–Crippen MR) is 76.9 cm³/mol. The van der Waals surface area contributed by atoms with Gasteiger partial charge in [0.2, 0.25) is 5.88 Å². The molecular weight excluding hydrogens is 268 g/mol. The molecule has 0 atom stereocenters. The van der Waals surface area contributed by atoms with Crippen LogP contribution in [-0.2, 0) is 0 Å². The molecule has 0 unspecified atom stereocenters. The Morgan fingerprint density at radius 3 is 2.43 bits per heavy atom. The summed E-state index contributed by atoms with van der Waals surface area (Å²) in [7, 11) is 0. The Morgan fingerprint density at radius 1 is 1.19 bits per heavy atom. The van der Waals surface area contributed by atoms with Gasteiger partial charge in [0.25, 0.3) is 5.91 Å². The average molecular weight is 282 g/mol. The van der Waals surface area contributed by atoms with Crippen molar-refractivity contribution in [2.24, 2.45) is 0 Å². The maximum Gasteiger partial charge on any atom is 0.256 e. The van der Waals surface area contributed by atoms with E-state index in [0.29, 0.717) is 22.8 Å². The van der Waals surface area contributed by atoms with Gasteiger partial charge in [-0.3, -0.25) is 4.79 Å². The Morgan fingerprint density at radius 2 is 1.90 bits per heavy atom. The summed E-state index contributed by atoms with van der Waals surface area (Å²) in [4.78, 5) is 12.0. The van der Waals surface area contributed by atoms with Gasteiger partial charge in [-0.25, -0.2) is 0 Å². The van der Waals surface area contributed by atoms with Gasteiger partial charge in [0.1, 0.15) is 0 Å². The van der Waals surface area contributed by atoms with E-state index < -0.39 is 0 Å². The van der Waals surface area contributed by atoms with Crippen molar-refractivity contribution in [2.75, 3.05) is 5.32 Å². The highest BCUT2D eigenvalue weighted by Gasteiger charge is 2.08. The molecule has 0 aliphatic carbocycles. The van der Waals surface area contributed by atoms with E-state index in [9.17, 15) is 4.79 Å². The number of nitriles is 1. The Balaban J connectivity index is 2.03. The lowest BCUT2D eigenvalue weighted by molar-refractivity contribution is 0.102. The van der Waals surface area contributed by atoms with Crippen molar-refractivity contribution in [3.8, 4) is 11.9 Å². The number of carbonyl (C=O) groups excluding carboxylic acids is 1. The van der Waals surface area contributed by atoms with E-state index in [1.165, 1.54) is 0 Å². The number of anilines is 1. The fourth-order valence-electron chi connectivity index (χ4n) is 1.58. The second kappa shape index (κ2) is 6.48. The van der Waals surface area contributed by atoms with Gasteiger partial charge < -0.3 is 10.1 Å². The van der Waals surface area contributed by atoms with Gasteiger partial charge in [-0.2, -0.15) is 5.26 Å². The number of hydrogen-bond donors (Lipinski definition) is 1. The molecule has 0 fully saturated rings. The van der Waals surface area contributed by atoms with E-state index >= 15 is 0 Å². The first-order chi connectivity index (χ1) is 10.1. The average Bonchev–Trinajstić information content (AvgIpc) is 2.49. The Kier molecular flexibility index (Phi) is 4.46. The summed E-state index contributed by atoms with van der Waals surface area (Å²) >= 11 is 0. The molecule has 1 N–H and O–H groups in total. The number of aromatic nitrogens is 2. The Hall–Kier alpha value is -2.94. The molecule has 0 saturated heterocycles. The number of nitrogens with one attached hydrogen (secondary N) is 1. The van der Waals surface area contributed by atoms with Crippen LogP contribution in [0.2, 0.25) is 0 Å². The zero-order chi connectivity index (χ0) is 15.2. The fourth-order valence-corrected chi connectivity index (χ4v) is 1.58. The molecule has 0 radical (unpaired) electrons. The van der Waals surface area contributed by atoms with Crippen molar-refractivity contribution >= 4 is 11.7 Å². The number of benzene rings is 1. The number of hydrogen-bond acceptors (Lipinski definition) is 5. The van der Waals surface area contributed by atoms with Gasteiger partial charge in [0.05, 0.1) is 17.7 Å². The lowest BCUT2D eigenvalue weighted by atomic mass is 10.1. The minimum Gasteiger partial charge on any atom is -0.474 e. The highest BCUT2D eigenvalue weighted by molar-refractivity contribution is 6.03. The zero-order valence-corrected chi connectivity index (χ0v) is 11.7. The van der Waals surface area contributed by atoms with E-state index in [4.69, 9.17) is 10.00 Å². The molecule has 0 bridgehead atoms. The highest BCUT2D eigenvalue weighted by atomic mass is 16.5. The molecule has 1 heterocycles. The summed E-state index contributed by atoms with van der Waals surface area (Å²) < 4.78 is 5.37. The lowest BCUT2D eigenvalue weighted by Gasteiger charge is -2.08. The fraction of sp³-hybridized carbons (Fsp3) is 0.200. The van der Waals surface area contributed by atoms with E-state index in [-0.39, 0.29) is 12.0 Å². The lowest BCUT2D eigenvalue weighted by Crippen LogP contribution is -2.14. The van der Waals surface area contributed by atoms with Crippen LogP contribution in [0, 0.1) is 11.3 Å². The highest BCUT2D eigenvalue weighted by Crippen LogP contribution is 2.11. The van der Waals surface area contributed by atoms with Gasteiger partial charge in [-0.05, 0) is 44.2 Å². The SMILES string of the molecule is CC(C)Oc1ccc(NC(=O)c2ccc(C#N)cc2)nn1. The normalized spacial score (nSPS) is 10.0. The molecule has 1 aromatic heterocycles. The van der Waals surface area contributed by atoms with E-state index in [1.54, 1.807) is 36.4 Å². The van der Waals surface area contributed by atoms with E-state index in [2.05, 4.69) is 15.5 Å². The molecule has 0 aliphatic rings. The standard InChI is InChI=1S/C15H14N4O2/c1-10(2)21-14-8-7-13(18-19-14)17-15(20)12-5-3-11(9-16)4-6-12/h3-8,10H,1-2H3,(H,17,18,20). The summed E-state index contributed by atoms with van der Waals surface area (Å²) in [6.07, 6.45) is 0.0124. The molecule has 0 saturated carbocycles. The second-order valence-electron chi connectivity index (χ2n) is 4.57. The van der Waals surface area contributed by atoms with E-state index in [0.717, 1.165) is 0 Å². The third-order valence-corrected chi connectivity index (χ3v) is 2.51. The van der Waals surface area contributed by atoms with Gasteiger partial charge in [0, 0.05) is 11.6 Å². The minimum absolute atomic E-state index is 0.0124. The van der Waals surface area contributed by atoms with Crippen molar-refractivity contribution in [1.82, 2.24) is 10.2 Å². The maximum absolute atomic E-state index is 12.0. The molecular formula is C15H14N4O2. The van der Waals surface area contributed by atoms with Crippen molar-refractivity contribution < 1.29 is 9.53 Å². The predicted octanol–water partition coefficient (Wildman–Crippen LogP) is 2.39. The number of rotatable bonds is 4. The summed E-state index contributed by atoms with van der Waals surface area (Å²) in [6.45, 7) is 3.78. The quantitative estimate of drug-likeness (QED) is 0.930. The first kappa shape index (κ1) is 14.5. The first-order valence-electron chi connectivity index (χ1n) is 6.40. The zero-order valence-electron chi connectivity index (χ0n) is 11.7. The van der Waals surface area contributed by atoms with Crippen molar-refractivity contribution in [3.05, 3.63) is 47.5 Å². The molecule has 2 rings (SSSR count). The molecule has 2 aromatic rings. The topological polar surface area (TPSA) is 87.9 Å². The molecule has 1 amide bonds.